The first-order chi connectivity index (χ1) is 17.0. The number of anilines is 2. The van der Waals surface area contributed by atoms with E-state index in [2.05, 4.69) is 17.1 Å². The van der Waals surface area contributed by atoms with Crippen molar-refractivity contribution in [3.8, 4) is 0 Å². The van der Waals surface area contributed by atoms with E-state index in [1.54, 1.807) is 11.3 Å². The third kappa shape index (κ3) is 6.39. The molecule has 0 bridgehead atoms. The van der Waals surface area contributed by atoms with Crippen LogP contribution >= 0.6 is 11.3 Å². The second kappa shape index (κ2) is 11.8. The topological polar surface area (TPSA) is 101 Å². The van der Waals surface area contributed by atoms with Gasteiger partial charge in [-0.05, 0) is 62.0 Å². The van der Waals surface area contributed by atoms with Gasteiger partial charge in [0.05, 0.1) is 6.54 Å². The minimum atomic E-state index is -0.624. The fourth-order valence-electron chi connectivity index (χ4n) is 4.51. The molecule has 1 aromatic carbocycles. The lowest BCUT2D eigenvalue weighted by Crippen LogP contribution is -2.41. The molecule has 7 nitrogen and oxygen atoms in total. The van der Waals surface area contributed by atoms with Crippen LogP contribution in [-0.4, -0.2) is 22.0 Å². The SMILES string of the molecule is Nc1c(N(CCC2=CCCCC2)C(=O)CCCc2cccs2)c(=O)[nH]c(=O)n1Cc1ccccc1. The standard InChI is InChI=1S/C27H32N4O3S/c28-25-24(26(33)29-27(34)31(25)19-21-11-5-2-6-12-21)30(17-16-20-9-3-1-4-10-20)23(32)15-7-13-22-14-8-18-35-22/h2,5-6,8-9,11-12,14,18H,1,3-4,7,10,13,15-17,19,28H2,(H,29,33,34). The average Bonchev–Trinajstić information content (AvgIpc) is 3.38. The number of carbonyl (C=O) groups excluding carboxylic acids is 1. The molecule has 3 aromatic rings. The number of aromatic nitrogens is 2. The molecule has 35 heavy (non-hydrogen) atoms. The largest absolute Gasteiger partial charge is 0.383 e. The number of thiophene rings is 1. The molecule has 8 heteroatoms. The normalized spacial score (nSPS) is 13.4. The first-order valence-electron chi connectivity index (χ1n) is 12.2. The van der Waals surface area contributed by atoms with Crippen molar-refractivity contribution < 1.29 is 4.79 Å². The number of nitrogens with two attached hydrogens (primary N) is 1. The highest BCUT2D eigenvalue weighted by Crippen LogP contribution is 2.24. The molecule has 2 heterocycles. The Kier molecular flexibility index (Phi) is 8.36. The molecule has 184 valence electrons. The second-order valence-corrected chi connectivity index (χ2v) is 9.93. The fraction of sp³-hybridized carbons (Fsp3) is 0.370. The Morgan fingerprint density at radius 1 is 1.09 bits per heavy atom. The Morgan fingerprint density at radius 2 is 1.91 bits per heavy atom. The van der Waals surface area contributed by atoms with Crippen LogP contribution in [0.5, 0.6) is 0 Å². The number of H-pyrrole nitrogens is 1. The van der Waals surface area contributed by atoms with E-state index in [9.17, 15) is 14.4 Å². The number of rotatable bonds is 10. The third-order valence-corrected chi connectivity index (χ3v) is 7.34. The van der Waals surface area contributed by atoms with Crippen LogP contribution in [0.25, 0.3) is 0 Å². The summed E-state index contributed by atoms with van der Waals surface area (Å²) >= 11 is 1.67. The maximum absolute atomic E-state index is 13.4. The summed E-state index contributed by atoms with van der Waals surface area (Å²) in [6, 6.07) is 13.5. The van der Waals surface area contributed by atoms with E-state index >= 15 is 0 Å². The van der Waals surface area contributed by atoms with Crippen molar-refractivity contribution in [2.45, 2.75) is 57.9 Å². The van der Waals surface area contributed by atoms with Crippen molar-refractivity contribution in [3.63, 3.8) is 0 Å². The lowest BCUT2D eigenvalue weighted by atomic mass is 9.97. The van der Waals surface area contributed by atoms with Gasteiger partial charge < -0.3 is 10.6 Å². The summed E-state index contributed by atoms with van der Waals surface area (Å²) in [6.07, 6.45) is 9.11. The Morgan fingerprint density at radius 3 is 2.63 bits per heavy atom. The van der Waals surface area contributed by atoms with Gasteiger partial charge in [0, 0.05) is 17.8 Å². The number of benzene rings is 1. The van der Waals surface area contributed by atoms with E-state index in [4.69, 9.17) is 5.73 Å². The molecule has 0 spiro atoms. The van der Waals surface area contributed by atoms with Gasteiger partial charge in [0.1, 0.15) is 5.82 Å². The Balaban J connectivity index is 1.62. The Hall–Kier alpha value is -3.39. The van der Waals surface area contributed by atoms with Crippen molar-refractivity contribution in [2.75, 3.05) is 17.2 Å². The van der Waals surface area contributed by atoms with E-state index in [0.29, 0.717) is 25.8 Å². The summed E-state index contributed by atoms with van der Waals surface area (Å²) < 4.78 is 1.33. The lowest BCUT2D eigenvalue weighted by Gasteiger charge is -2.26. The van der Waals surface area contributed by atoms with Gasteiger partial charge in [-0.1, -0.05) is 48.0 Å². The summed E-state index contributed by atoms with van der Waals surface area (Å²) in [5.41, 5.74) is 7.46. The predicted octanol–water partition coefficient (Wildman–Crippen LogP) is 4.48. The molecule has 3 N–H and O–H groups in total. The first kappa shape index (κ1) is 24.7. The minimum Gasteiger partial charge on any atom is -0.383 e. The van der Waals surface area contributed by atoms with Gasteiger partial charge in [0.2, 0.25) is 5.91 Å². The molecule has 0 radical (unpaired) electrons. The Labute approximate surface area is 208 Å². The van der Waals surface area contributed by atoms with Gasteiger partial charge in [0.25, 0.3) is 5.56 Å². The molecule has 0 saturated carbocycles. The number of nitrogens with one attached hydrogen (secondary N) is 1. The molecule has 4 rings (SSSR count). The van der Waals surface area contributed by atoms with E-state index in [1.165, 1.54) is 26.3 Å². The summed E-state index contributed by atoms with van der Waals surface area (Å²) in [4.78, 5) is 44.1. The van der Waals surface area contributed by atoms with Gasteiger partial charge in [0.15, 0.2) is 5.69 Å². The molecular weight excluding hydrogens is 460 g/mol. The maximum atomic E-state index is 13.4. The zero-order valence-corrected chi connectivity index (χ0v) is 20.7. The van der Waals surface area contributed by atoms with Crippen LogP contribution in [0.4, 0.5) is 11.5 Å². The fourth-order valence-corrected chi connectivity index (χ4v) is 5.26. The maximum Gasteiger partial charge on any atom is 0.330 e. The van der Waals surface area contributed by atoms with Gasteiger partial charge in [-0.25, -0.2) is 4.79 Å². The molecular formula is C27H32N4O3S. The van der Waals surface area contributed by atoms with Crippen LogP contribution < -0.4 is 21.9 Å². The third-order valence-electron chi connectivity index (χ3n) is 6.40. The van der Waals surface area contributed by atoms with Crippen LogP contribution in [-0.2, 0) is 17.8 Å². The molecule has 1 amide bonds. The monoisotopic (exact) mass is 492 g/mol. The first-order valence-corrected chi connectivity index (χ1v) is 13.1. The van der Waals surface area contributed by atoms with Crippen molar-refractivity contribution in [1.82, 2.24) is 9.55 Å². The highest BCUT2D eigenvalue weighted by molar-refractivity contribution is 7.09. The second-order valence-electron chi connectivity index (χ2n) is 8.90. The van der Waals surface area contributed by atoms with Gasteiger partial charge >= 0.3 is 5.69 Å². The number of aromatic amines is 1. The van der Waals surface area contributed by atoms with E-state index < -0.39 is 11.2 Å². The minimum absolute atomic E-state index is 0.0202. The summed E-state index contributed by atoms with van der Waals surface area (Å²) in [7, 11) is 0. The number of aryl methyl sites for hydroxylation is 1. The molecule has 0 saturated heterocycles. The van der Waals surface area contributed by atoms with Crippen molar-refractivity contribution >= 4 is 28.7 Å². The smallest absolute Gasteiger partial charge is 0.330 e. The number of hydrogen-bond acceptors (Lipinski definition) is 5. The number of amides is 1. The van der Waals surface area contributed by atoms with Crippen LogP contribution in [0, 0.1) is 0 Å². The average molecular weight is 493 g/mol. The quantitative estimate of drug-likeness (QED) is 0.408. The highest BCUT2D eigenvalue weighted by atomic mass is 32.1. The Bertz CT molecular complexity index is 1280. The number of nitrogen functional groups attached to an aromatic ring is 1. The number of carbonyl (C=O) groups is 1. The molecule has 0 aliphatic heterocycles. The van der Waals surface area contributed by atoms with Crippen molar-refractivity contribution in [2.24, 2.45) is 0 Å². The van der Waals surface area contributed by atoms with Crippen molar-refractivity contribution in [3.05, 3.63) is 90.8 Å². The lowest BCUT2D eigenvalue weighted by molar-refractivity contribution is -0.118. The summed E-state index contributed by atoms with van der Waals surface area (Å²) in [5.74, 6) is -0.132. The molecule has 1 aliphatic carbocycles. The van der Waals surface area contributed by atoms with E-state index in [0.717, 1.165) is 31.2 Å². The highest BCUT2D eigenvalue weighted by Gasteiger charge is 2.24. The number of allylic oxidation sites excluding steroid dienone is 1. The number of hydrogen-bond donors (Lipinski definition) is 2. The van der Waals surface area contributed by atoms with Crippen LogP contribution in [0.1, 0.15) is 55.4 Å². The van der Waals surface area contributed by atoms with Crippen molar-refractivity contribution in [1.29, 1.82) is 0 Å². The molecule has 1 aliphatic rings. The zero-order valence-electron chi connectivity index (χ0n) is 19.9. The molecule has 0 fully saturated rings. The van der Waals surface area contributed by atoms with Crippen LogP contribution in [0.15, 0.2) is 69.1 Å². The molecule has 0 atom stereocenters. The number of nitrogens with zero attached hydrogens (tertiary/aromatic N) is 2. The summed E-state index contributed by atoms with van der Waals surface area (Å²) in [5, 5.41) is 2.03. The van der Waals surface area contributed by atoms with Crippen LogP contribution in [0.3, 0.4) is 0 Å². The zero-order chi connectivity index (χ0) is 24.6. The van der Waals surface area contributed by atoms with Gasteiger partial charge in [-0.3, -0.25) is 19.1 Å². The van der Waals surface area contributed by atoms with Crippen LogP contribution in [0.2, 0.25) is 0 Å². The molecule has 0 unspecified atom stereocenters. The predicted molar refractivity (Wildman–Crippen MR) is 142 cm³/mol. The van der Waals surface area contributed by atoms with E-state index in [1.807, 2.05) is 41.8 Å². The molecule has 2 aromatic heterocycles. The van der Waals surface area contributed by atoms with Gasteiger partial charge in [-0.2, -0.15) is 0 Å². The summed E-state index contributed by atoms with van der Waals surface area (Å²) in [6.45, 7) is 0.571. The van der Waals surface area contributed by atoms with E-state index in [-0.39, 0.29) is 24.0 Å². The van der Waals surface area contributed by atoms with Gasteiger partial charge in [-0.15, -0.1) is 11.3 Å².